The van der Waals surface area contributed by atoms with Gasteiger partial charge >= 0.3 is 0 Å². The van der Waals surface area contributed by atoms with Crippen molar-refractivity contribution in [1.82, 2.24) is 0 Å². The number of methoxy groups -OCH3 is 2. The molecule has 0 unspecified atom stereocenters. The first kappa shape index (κ1) is 15.3. The largest absolute Gasteiger partial charge is 0.409 e. The maximum atomic E-state index is 8.62. The van der Waals surface area contributed by atoms with Crippen molar-refractivity contribution in [2.24, 2.45) is 10.9 Å². The lowest BCUT2D eigenvalue weighted by molar-refractivity contribution is 0.190. The molecule has 0 saturated carbocycles. The summed E-state index contributed by atoms with van der Waals surface area (Å²) in [5.41, 5.74) is 7.26. The van der Waals surface area contributed by atoms with E-state index in [2.05, 4.69) is 10.1 Å². The quantitative estimate of drug-likeness (QED) is 0.316. The third kappa shape index (κ3) is 4.76. The van der Waals surface area contributed by atoms with E-state index in [1.165, 1.54) is 0 Å². The first-order valence-electron chi connectivity index (χ1n) is 6.03. The smallest absolute Gasteiger partial charge is 0.170 e. The number of ether oxygens (including phenoxy) is 2. The molecule has 1 aromatic carbocycles. The lowest BCUT2D eigenvalue weighted by Crippen LogP contribution is -2.30. The topological polar surface area (TPSA) is 80.3 Å². The maximum Gasteiger partial charge on any atom is 0.170 e. The highest BCUT2D eigenvalue weighted by atomic mass is 16.5. The summed E-state index contributed by atoms with van der Waals surface area (Å²) in [4.78, 5) is 2.16. The lowest BCUT2D eigenvalue weighted by atomic mass is 10.2. The van der Waals surface area contributed by atoms with Gasteiger partial charge in [0.25, 0.3) is 0 Å². The lowest BCUT2D eigenvalue weighted by Gasteiger charge is -2.24. The van der Waals surface area contributed by atoms with Gasteiger partial charge in [0.05, 0.1) is 13.2 Å². The van der Waals surface area contributed by atoms with Gasteiger partial charge in [-0.1, -0.05) is 5.16 Å². The molecule has 3 N–H and O–H groups in total. The molecule has 0 aliphatic rings. The van der Waals surface area contributed by atoms with Crippen molar-refractivity contribution in [1.29, 1.82) is 0 Å². The number of benzene rings is 1. The van der Waals surface area contributed by atoms with Crippen molar-refractivity contribution in [3.05, 3.63) is 29.8 Å². The number of nitrogens with two attached hydrogens (primary N) is 1. The molecule has 6 heteroatoms. The summed E-state index contributed by atoms with van der Waals surface area (Å²) in [6.45, 7) is 2.85. The SMILES string of the molecule is COCCN(CCOC)c1ccc(/C(N)=N/O)cc1. The third-order valence-electron chi connectivity index (χ3n) is 2.77. The van der Waals surface area contributed by atoms with Crippen LogP contribution in [0.2, 0.25) is 0 Å². The zero-order chi connectivity index (χ0) is 14.1. The van der Waals surface area contributed by atoms with E-state index in [1.54, 1.807) is 14.2 Å². The Hall–Kier alpha value is -1.79. The van der Waals surface area contributed by atoms with Gasteiger partial charge in [-0.2, -0.15) is 0 Å². The normalized spacial score (nSPS) is 11.6. The monoisotopic (exact) mass is 267 g/mol. The summed E-state index contributed by atoms with van der Waals surface area (Å²) in [6.07, 6.45) is 0. The number of hydrogen-bond donors (Lipinski definition) is 2. The number of oxime groups is 1. The van der Waals surface area contributed by atoms with E-state index < -0.39 is 0 Å². The van der Waals surface area contributed by atoms with E-state index in [4.69, 9.17) is 20.4 Å². The summed E-state index contributed by atoms with van der Waals surface area (Å²) in [5.74, 6) is 0.104. The molecule has 0 bridgehead atoms. The molecule has 106 valence electrons. The van der Waals surface area contributed by atoms with E-state index in [1.807, 2.05) is 24.3 Å². The molecule has 0 fully saturated rings. The predicted octanol–water partition coefficient (Wildman–Crippen LogP) is 0.880. The van der Waals surface area contributed by atoms with Crippen LogP contribution < -0.4 is 10.6 Å². The highest BCUT2D eigenvalue weighted by Crippen LogP contribution is 2.15. The van der Waals surface area contributed by atoms with Crippen molar-refractivity contribution < 1.29 is 14.7 Å². The Bertz CT molecular complexity index is 385. The molecule has 6 nitrogen and oxygen atoms in total. The van der Waals surface area contributed by atoms with Crippen LogP contribution in [0.1, 0.15) is 5.56 Å². The molecular weight excluding hydrogens is 246 g/mol. The Morgan fingerprint density at radius 1 is 1.16 bits per heavy atom. The van der Waals surface area contributed by atoms with Gasteiger partial charge in [-0.15, -0.1) is 0 Å². The molecule has 1 rings (SSSR count). The molecular formula is C13H21N3O3. The van der Waals surface area contributed by atoms with Crippen LogP contribution in [-0.4, -0.2) is 51.6 Å². The van der Waals surface area contributed by atoms with Crippen LogP contribution >= 0.6 is 0 Å². The van der Waals surface area contributed by atoms with Crippen molar-refractivity contribution in [3.8, 4) is 0 Å². The zero-order valence-corrected chi connectivity index (χ0v) is 11.4. The molecule has 0 spiro atoms. The second-order valence-corrected chi connectivity index (χ2v) is 4.00. The Kier molecular flexibility index (Phi) is 6.70. The Balaban J connectivity index is 2.77. The fourth-order valence-electron chi connectivity index (χ4n) is 1.67. The molecule has 0 aliphatic heterocycles. The first-order chi connectivity index (χ1) is 9.22. The van der Waals surface area contributed by atoms with E-state index in [0.717, 1.165) is 18.8 Å². The van der Waals surface area contributed by atoms with Gasteiger partial charge in [0.2, 0.25) is 0 Å². The van der Waals surface area contributed by atoms with Crippen LogP contribution in [0.3, 0.4) is 0 Å². The molecule has 19 heavy (non-hydrogen) atoms. The number of anilines is 1. The number of nitrogens with zero attached hydrogens (tertiary/aromatic N) is 2. The van der Waals surface area contributed by atoms with Crippen LogP contribution in [-0.2, 0) is 9.47 Å². The van der Waals surface area contributed by atoms with Crippen molar-refractivity contribution in [3.63, 3.8) is 0 Å². The highest BCUT2D eigenvalue weighted by Gasteiger charge is 2.07. The van der Waals surface area contributed by atoms with Crippen molar-refractivity contribution in [2.75, 3.05) is 45.4 Å². The van der Waals surface area contributed by atoms with Crippen LogP contribution in [0.25, 0.3) is 0 Å². The molecule has 0 heterocycles. The maximum absolute atomic E-state index is 8.62. The Morgan fingerprint density at radius 2 is 1.68 bits per heavy atom. The van der Waals surface area contributed by atoms with Crippen molar-refractivity contribution in [2.45, 2.75) is 0 Å². The van der Waals surface area contributed by atoms with Crippen LogP contribution in [0.4, 0.5) is 5.69 Å². The Labute approximate surface area is 113 Å². The summed E-state index contributed by atoms with van der Waals surface area (Å²) in [6, 6.07) is 7.49. The minimum absolute atomic E-state index is 0.104. The first-order valence-corrected chi connectivity index (χ1v) is 6.03. The fraction of sp³-hybridized carbons (Fsp3) is 0.462. The van der Waals surface area contributed by atoms with Crippen LogP contribution in [0.15, 0.2) is 29.4 Å². The Morgan fingerprint density at radius 3 is 2.11 bits per heavy atom. The van der Waals surface area contributed by atoms with Crippen molar-refractivity contribution >= 4 is 11.5 Å². The average Bonchev–Trinajstić information content (AvgIpc) is 2.47. The fourth-order valence-corrected chi connectivity index (χ4v) is 1.67. The summed E-state index contributed by atoms with van der Waals surface area (Å²) < 4.78 is 10.2. The van der Waals surface area contributed by atoms with Gasteiger partial charge in [0.15, 0.2) is 5.84 Å². The second-order valence-electron chi connectivity index (χ2n) is 4.00. The number of rotatable bonds is 8. The summed E-state index contributed by atoms with van der Waals surface area (Å²) in [5, 5.41) is 11.6. The van der Waals surface area contributed by atoms with Crippen LogP contribution in [0, 0.1) is 0 Å². The molecule has 0 atom stereocenters. The van der Waals surface area contributed by atoms with Gasteiger partial charge in [-0.3, -0.25) is 0 Å². The summed E-state index contributed by atoms with van der Waals surface area (Å²) >= 11 is 0. The molecule has 1 aromatic rings. The average molecular weight is 267 g/mol. The molecule has 0 saturated heterocycles. The van der Waals surface area contributed by atoms with Crippen LogP contribution in [0.5, 0.6) is 0 Å². The van der Waals surface area contributed by atoms with Gasteiger partial charge in [0.1, 0.15) is 0 Å². The van der Waals surface area contributed by atoms with E-state index in [0.29, 0.717) is 18.8 Å². The van der Waals surface area contributed by atoms with E-state index in [9.17, 15) is 0 Å². The molecule has 0 radical (unpaired) electrons. The van der Waals surface area contributed by atoms with Gasteiger partial charge in [-0.05, 0) is 24.3 Å². The van der Waals surface area contributed by atoms with E-state index >= 15 is 0 Å². The van der Waals surface area contributed by atoms with Gasteiger partial charge in [0, 0.05) is 38.6 Å². The minimum Gasteiger partial charge on any atom is -0.409 e. The second kappa shape index (κ2) is 8.34. The predicted molar refractivity (Wildman–Crippen MR) is 74.9 cm³/mol. The third-order valence-corrected chi connectivity index (χ3v) is 2.77. The van der Waals surface area contributed by atoms with Gasteiger partial charge < -0.3 is 25.3 Å². The number of hydrogen-bond acceptors (Lipinski definition) is 5. The standard InChI is InChI=1S/C13H21N3O3/c1-18-9-7-16(8-10-19-2)12-5-3-11(4-6-12)13(14)15-17/h3-6,17H,7-10H2,1-2H3,(H2,14,15). The zero-order valence-electron chi connectivity index (χ0n) is 11.4. The number of amidine groups is 1. The molecule has 0 amide bonds. The highest BCUT2D eigenvalue weighted by molar-refractivity contribution is 5.97. The van der Waals surface area contributed by atoms with E-state index in [-0.39, 0.29) is 5.84 Å². The molecule has 0 aromatic heterocycles. The minimum atomic E-state index is 0.104. The van der Waals surface area contributed by atoms with Gasteiger partial charge in [-0.25, -0.2) is 0 Å². The molecule has 0 aliphatic carbocycles. The summed E-state index contributed by atoms with van der Waals surface area (Å²) in [7, 11) is 3.35.